The lowest BCUT2D eigenvalue weighted by atomic mass is 9.90. The van der Waals surface area contributed by atoms with Crippen LogP contribution in [0.15, 0.2) is 96.1 Å². The molecule has 0 aromatic heterocycles. The van der Waals surface area contributed by atoms with Crippen LogP contribution < -0.4 is 5.01 Å². The minimum atomic E-state index is -0.381. The predicted molar refractivity (Wildman–Crippen MR) is 96.1 cm³/mol. The monoisotopic (exact) mass is 312 g/mol. The number of anilines is 1. The lowest BCUT2D eigenvalue weighted by Crippen LogP contribution is -2.26. The van der Waals surface area contributed by atoms with Gasteiger partial charge in [-0.2, -0.15) is 10.1 Å². The van der Waals surface area contributed by atoms with Gasteiger partial charge in [0.2, 0.25) is 0 Å². The molecule has 0 fully saturated rings. The van der Waals surface area contributed by atoms with Crippen LogP contribution in [-0.2, 0) is 4.79 Å². The molecule has 3 heteroatoms. The maximum atomic E-state index is 13.1. The third kappa shape index (κ3) is 2.50. The highest BCUT2D eigenvalue weighted by Gasteiger charge is 2.38. The van der Waals surface area contributed by atoms with Gasteiger partial charge in [-0.15, -0.1) is 0 Å². The molecule has 1 aliphatic rings. The first kappa shape index (κ1) is 14.4. The summed E-state index contributed by atoms with van der Waals surface area (Å²) < 4.78 is 0. The van der Waals surface area contributed by atoms with E-state index in [2.05, 4.69) is 5.10 Å². The molecule has 0 radical (unpaired) electrons. The summed E-state index contributed by atoms with van der Waals surface area (Å²) in [6.07, 6.45) is 0. The van der Waals surface area contributed by atoms with Gasteiger partial charge in [0.1, 0.15) is 5.92 Å². The number of carbonyl (C=O) groups excluding carboxylic acids is 1. The van der Waals surface area contributed by atoms with Gasteiger partial charge in [-0.3, -0.25) is 4.79 Å². The molecule has 116 valence electrons. The highest BCUT2D eigenvalue weighted by molar-refractivity contribution is 6.25. The lowest BCUT2D eigenvalue weighted by molar-refractivity contribution is -0.118. The topological polar surface area (TPSA) is 32.7 Å². The maximum absolute atomic E-state index is 13.1. The predicted octanol–water partition coefficient (Wildman–Crippen LogP) is 4.22. The first-order chi connectivity index (χ1) is 11.8. The summed E-state index contributed by atoms with van der Waals surface area (Å²) in [6.45, 7) is 0. The number of hydrogen-bond acceptors (Lipinski definition) is 2. The van der Waals surface area contributed by atoms with E-state index in [1.165, 1.54) is 5.01 Å². The van der Waals surface area contributed by atoms with Crippen LogP contribution in [0.5, 0.6) is 0 Å². The fourth-order valence-corrected chi connectivity index (χ4v) is 2.99. The Kier molecular flexibility index (Phi) is 3.67. The molecule has 0 aliphatic carbocycles. The van der Waals surface area contributed by atoms with Gasteiger partial charge < -0.3 is 0 Å². The van der Waals surface area contributed by atoms with E-state index in [4.69, 9.17) is 0 Å². The van der Waals surface area contributed by atoms with Gasteiger partial charge in [0.15, 0.2) is 0 Å². The molecule has 1 unspecified atom stereocenters. The molecular formula is C21H16N2O. The fourth-order valence-electron chi connectivity index (χ4n) is 2.99. The second-order valence-electron chi connectivity index (χ2n) is 5.68. The van der Waals surface area contributed by atoms with Gasteiger partial charge in [0.25, 0.3) is 5.91 Å². The van der Waals surface area contributed by atoms with Crippen LogP contribution in [0.25, 0.3) is 0 Å². The largest absolute Gasteiger partial charge is 0.271 e. The molecule has 3 aromatic carbocycles. The summed E-state index contributed by atoms with van der Waals surface area (Å²) in [5, 5.41) is 6.18. The molecule has 1 atom stereocenters. The summed E-state index contributed by atoms with van der Waals surface area (Å²) in [5.41, 5.74) is 3.51. The summed E-state index contributed by atoms with van der Waals surface area (Å²) in [7, 11) is 0. The van der Waals surface area contributed by atoms with Gasteiger partial charge in [0, 0.05) is 0 Å². The number of nitrogens with zero attached hydrogens (tertiary/aromatic N) is 2. The van der Waals surface area contributed by atoms with E-state index >= 15 is 0 Å². The van der Waals surface area contributed by atoms with E-state index in [1.807, 2.05) is 91.0 Å². The van der Waals surface area contributed by atoms with E-state index in [0.717, 1.165) is 22.5 Å². The zero-order chi connectivity index (χ0) is 16.4. The average molecular weight is 312 g/mol. The molecule has 1 aliphatic heterocycles. The van der Waals surface area contributed by atoms with Crippen molar-refractivity contribution in [2.45, 2.75) is 5.92 Å². The third-order valence-corrected chi connectivity index (χ3v) is 4.14. The van der Waals surface area contributed by atoms with Crippen LogP contribution >= 0.6 is 0 Å². The maximum Gasteiger partial charge on any atom is 0.261 e. The van der Waals surface area contributed by atoms with Crippen molar-refractivity contribution in [2.75, 3.05) is 5.01 Å². The lowest BCUT2D eigenvalue weighted by Gasteiger charge is -2.14. The molecule has 1 heterocycles. The number of carbonyl (C=O) groups is 1. The molecule has 0 saturated carbocycles. The summed E-state index contributed by atoms with van der Waals surface area (Å²) in [6, 6.07) is 29.3. The molecule has 1 amide bonds. The zero-order valence-corrected chi connectivity index (χ0v) is 13.0. The van der Waals surface area contributed by atoms with E-state index in [1.54, 1.807) is 0 Å². The molecule has 0 saturated heterocycles. The summed E-state index contributed by atoms with van der Waals surface area (Å²) >= 11 is 0. The molecule has 3 aromatic rings. The minimum Gasteiger partial charge on any atom is -0.271 e. The minimum absolute atomic E-state index is 0.0220. The van der Waals surface area contributed by atoms with E-state index in [0.29, 0.717) is 0 Å². The van der Waals surface area contributed by atoms with Crippen LogP contribution in [0.1, 0.15) is 17.0 Å². The van der Waals surface area contributed by atoms with Crippen molar-refractivity contribution in [3.05, 3.63) is 102 Å². The molecule has 3 nitrogen and oxygen atoms in total. The van der Waals surface area contributed by atoms with E-state index in [-0.39, 0.29) is 11.8 Å². The molecule has 0 bridgehead atoms. The summed E-state index contributed by atoms with van der Waals surface area (Å²) in [5.74, 6) is -0.403. The Hall–Kier alpha value is -3.20. The van der Waals surface area contributed by atoms with Crippen LogP contribution in [0.4, 0.5) is 5.69 Å². The Morgan fingerprint density at radius 1 is 0.708 bits per heavy atom. The van der Waals surface area contributed by atoms with Gasteiger partial charge in [0.05, 0.1) is 11.4 Å². The quantitative estimate of drug-likeness (QED) is 0.712. The van der Waals surface area contributed by atoms with Crippen LogP contribution in [0.3, 0.4) is 0 Å². The van der Waals surface area contributed by atoms with Gasteiger partial charge >= 0.3 is 0 Å². The number of hydrazone groups is 1. The van der Waals surface area contributed by atoms with Crippen molar-refractivity contribution in [3.8, 4) is 0 Å². The number of amides is 1. The number of hydrogen-bond donors (Lipinski definition) is 0. The van der Waals surface area contributed by atoms with Crippen LogP contribution in [-0.4, -0.2) is 11.6 Å². The van der Waals surface area contributed by atoms with Crippen molar-refractivity contribution in [3.63, 3.8) is 0 Å². The highest BCUT2D eigenvalue weighted by Crippen LogP contribution is 2.32. The molecule has 24 heavy (non-hydrogen) atoms. The molecule has 0 N–H and O–H groups in total. The van der Waals surface area contributed by atoms with Crippen LogP contribution in [0.2, 0.25) is 0 Å². The molecule has 0 spiro atoms. The Morgan fingerprint density at radius 3 is 1.88 bits per heavy atom. The number of rotatable bonds is 3. The smallest absolute Gasteiger partial charge is 0.261 e. The average Bonchev–Trinajstić information content (AvgIpc) is 3.01. The van der Waals surface area contributed by atoms with Crippen molar-refractivity contribution in [1.29, 1.82) is 0 Å². The Labute approximate surface area is 140 Å². The molecule has 4 rings (SSSR count). The van der Waals surface area contributed by atoms with Crippen molar-refractivity contribution < 1.29 is 4.79 Å². The first-order valence-electron chi connectivity index (χ1n) is 7.92. The Morgan fingerprint density at radius 2 is 1.25 bits per heavy atom. The molecular weight excluding hydrogens is 296 g/mol. The standard InChI is InChI=1S/C21H16N2O/c24-21-19(16-10-4-1-5-11-16)20(17-12-6-2-7-13-17)22-23(21)18-14-8-3-9-15-18/h1-15,19H. The van der Waals surface area contributed by atoms with E-state index < -0.39 is 0 Å². The SMILES string of the molecule is O=C1C(c2ccccc2)C(c2ccccc2)=NN1c1ccccc1. The van der Waals surface area contributed by atoms with E-state index in [9.17, 15) is 4.79 Å². The fraction of sp³-hybridized carbons (Fsp3) is 0.0476. The van der Waals surface area contributed by atoms with Crippen LogP contribution in [0, 0.1) is 0 Å². The van der Waals surface area contributed by atoms with Crippen molar-refractivity contribution in [2.24, 2.45) is 5.10 Å². The van der Waals surface area contributed by atoms with Crippen molar-refractivity contribution >= 4 is 17.3 Å². The number of para-hydroxylation sites is 1. The van der Waals surface area contributed by atoms with Gasteiger partial charge in [-0.25, -0.2) is 0 Å². The Bertz CT molecular complexity index is 873. The number of benzene rings is 3. The summed E-state index contributed by atoms with van der Waals surface area (Å²) in [4.78, 5) is 13.1. The van der Waals surface area contributed by atoms with Gasteiger partial charge in [-0.05, 0) is 23.3 Å². The first-order valence-corrected chi connectivity index (χ1v) is 7.92. The van der Waals surface area contributed by atoms with Gasteiger partial charge in [-0.1, -0.05) is 78.9 Å². The normalized spacial score (nSPS) is 17.0. The second-order valence-corrected chi connectivity index (χ2v) is 5.68. The highest BCUT2D eigenvalue weighted by atomic mass is 16.2. The van der Waals surface area contributed by atoms with Crippen molar-refractivity contribution in [1.82, 2.24) is 0 Å². The second kappa shape index (κ2) is 6.13. The third-order valence-electron chi connectivity index (χ3n) is 4.14. The Balaban J connectivity index is 1.83. The zero-order valence-electron chi connectivity index (χ0n) is 13.0.